The summed E-state index contributed by atoms with van der Waals surface area (Å²) in [6.45, 7) is 2.10. The van der Waals surface area contributed by atoms with Crippen molar-refractivity contribution in [1.29, 1.82) is 0 Å². The Morgan fingerprint density at radius 1 is 1.24 bits per heavy atom. The molecular formula is C16H22Cl3N3O2S. The van der Waals surface area contributed by atoms with E-state index in [0.29, 0.717) is 12.1 Å². The van der Waals surface area contributed by atoms with E-state index in [1.165, 1.54) is 12.1 Å². The number of phenolic OH excluding ortho intramolecular Hbond substituents is 1. The number of hydrogen-bond acceptors (Lipinski definition) is 3. The van der Waals surface area contributed by atoms with Crippen LogP contribution < -0.4 is 16.0 Å². The molecule has 0 aliphatic heterocycles. The van der Waals surface area contributed by atoms with Crippen LogP contribution >= 0.6 is 47.0 Å². The second-order valence-corrected chi connectivity index (χ2v) is 8.28. The van der Waals surface area contributed by atoms with E-state index in [0.717, 1.165) is 25.7 Å². The Morgan fingerprint density at radius 3 is 2.56 bits per heavy atom. The molecule has 0 bridgehead atoms. The van der Waals surface area contributed by atoms with Crippen LogP contribution in [0.1, 0.15) is 39.0 Å². The van der Waals surface area contributed by atoms with Gasteiger partial charge >= 0.3 is 0 Å². The number of amides is 1. The predicted molar refractivity (Wildman–Crippen MR) is 108 cm³/mol. The molecule has 1 aromatic rings. The first-order valence-corrected chi connectivity index (χ1v) is 9.49. The van der Waals surface area contributed by atoms with Crippen molar-refractivity contribution < 1.29 is 9.90 Å². The monoisotopic (exact) mass is 425 g/mol. The third-order valence-corrected chi connectivity index (χ3v) is 4.14. The Balaban J connectivity index is 2.57. The van der Waals surface area contributed by atoms with Crippen molar-refractivity contribution in [3.8, 4) is 5.75 Å². The number of nitrogens with one attached hydrogen (secondary N) is 3. The van der Waals surface area contributed by atoms with Crippen molar-refractivity contribution in [2.24, 2.45) is 0 Å². The molecule has 0 aliphatic rings. The van der Waals surface area contributed by atoms with Crippen molar-refractivity contribution in [3.05, 3.63) is 24.3 Å². The molecule has 9 heteroatoms. The summed E-state index contributed by atoms with van der Waals surface area (Å²) in [5.74, 6) is -0.133. The lowest BCUT2D eigenvalue weighted by Crippen LogP contribution is -2.56. The van der Waals surface area contributed by atoms with Gasteiger partial charge in [0, 0.05) is 18.2 Å². The molecule has 140 valence electrons. The first-order chi connectivity index (χ1) is 11.7. The van der Waals surface area contributed by atoms with Gasteiger partial charge in [0.15, 0.2) is 5.11 Å². The molecule has 25 heavy (non-hydrogen) atoms. The third-order valence-electron chi connectivity index (χ3n) is 3.27. The number of carbonyl (C=O) groups is 1. The molecule has 0 heterocycles. The number of carbonyl (C=O) groups excluding carboxylic acids is 1. The van der Waals surface area contributed by atoms with Crippen LogP contribution in [0.15, 0.2) is 24.3 Å². The minimum Gasteiger partial charge on any atom is -0.508 e. The fourth-order valence-electron chi connectivity index (χ4n) is 2.03. The highest BCUT2D eigenvalue weighted by atomic mass is 35.6. The van der Waals surface area contributed by atoms with Gasteiger partial charge in [0.2, 0.25) is 9.70 Å². The molecule has 0 saturated carbocycles. The van der Waals surface area contributed by atoms with Gasteiger partial charge in [-0.25, -0.2) is 0 Å². The summed E-state index contributed by atoms with van der Waals surface area (Å²) < 4.78 is -1.79. The maximum atomic E-state index is 12.0. The van der Waals surface area contributed by atoms with E-state index in [4.69, 9.17) is 47.0 Å². The van der Waals surface area contributed by atoms with Crippen LogP contribution in [0.2, 0.25) is 0 Å². The molecule has 1 amide bonds. The van der Waals surface area contributed by atoms with Gasteiger partial charge in [0.1, 0.15) is 11.9 Å². The van der Waals surface area contributed by atoms with Crippen LogP contribution in [0.5, 0.6) is 5.75 Å². The number of halogens is 3. The average Bonchev–Trinajstić information content (AvgIpc) is 2.50. The highest BCUT2D eigenvalue weighted by Gasteiger charge is 2.34. The Labute approximate surface area is 168 Å². The van der Waals surface area contributed by atoms with E-state index in [2.05, 4.69) is 22.9 Å². The number of alkyl halides is 3. The maximum Gasteiger partial charge on any atom is 0.228 e. The Kier molecular flexibility index (Phi) is 9.64. The molecule has 0 aromatic heterocycles. The lowest BCUT2D eigenvalue weighted by Gasteiger charge is -2.27. The standard InChI is InChI=1S/C16H22Cl3N3O2S/c1-2-3-4-5-9-13(24)21-14(16(17,18)19)22-15(25)20-11-7-6-8-12(23)10-11/h6-8,10,14,23H,2-5,9H2,1H3,(H,21,24)(H2,20,22,25)/t14-/m1/s1. The first kappa shape index (κ1) is 22.1. The van der Waals surface area contributed by atoms with Gasteiger partial charge < -0.3 is 21.1 Å². The number of unbranched alkanes of at least 4 members (excludes halogenated alkanes) is 3. The van der Waals surface area contributed by atoms with Crippen LogP contribution in [0.4, 0.5) is 5.69 Å². The van der Waals surface area contributed by atoms with Gasteiger partial charge in [-0.3, -0.25) is 4.79 Å². The molecule has 1 aromatic carbocycles. The molecule has 0 saturated heterocycles. The summed E-state index contributed by atoms with van der Waals surface area (Å²) in [5.41, 5.74) is 0.562. The van der Waals surface area contributed by atoms with E-state index in [9.17, 15) is 9.90 Å². The maximum absolute atomic E-state index is 12.0. The largest absolute Gasteiger partial charge is 0.508 e. The zero-order chi connectivity index (χ0) is 18.9. The van der Waals surface area contributed by atoms with E-state index in [1.54, 1.807) is 12.1 Å². The Hall–Kier alpha value is -0.950. The van der Waals surface area contributed by atoms with Crippen molar-refractivity contribution >= 4 is 63.7 Å². The van der Waals surface area contributed by atoms with Gasteiger partial charge in [0.05, 0.1) is 0 Å². The van der Waals surface area contributed by atoms with Gasteiger partial charge in [-0.2, -0.15) is 0 Å². The SMILES string of the molecule is CCCCCCC(=O)N[C@H](NC(=S)Nc1cccc(O)c1)C(Cl)(Cl)Cl. The van der Waals surface area contributed by atoms with E-state index in [-0.39, 0.29) is 16.8 Å². The van der Waals surface area contributed by atoms with E-state index < -0.39 is 9.96 Å². The van der Waals surface area contributed by atoms with Crippen LogP contribution in [0.25, 0.3) is 0 Å². The zero-order valence-corrected chi connectivity index (χ0v) is 16.9. The average molecular weight is 427 g/mol. The van der Waals surface area contributed by atoms with Crippen molar-refractivity contribution in [2.45, 2.75) is 49.0 Å². The number of anilines is 1. The molecule has 0 unspecified atom stereocenters. The summed E-state index contributed by atoms with van der Waals surface area (Å²) in [7, 11) is 0. The van der Waals surface area contributed by atoms with Crippen molar-refractivity contribution in [1.82, 2.24) is 10.6 Å². The minimum absolute atomic E-state index is 0.0890. The summed E-state index contributed by atoms with van der Waals surface area (Å²) >= 11 is 22.9. The Bertz CT molecular complexity index is 582. The van der Waals surface area contributed by atoms with Crippen LogP contribution in [-0.2, 0) is 4.79 Å². The molecule has 5 nitrogen and oxygen atoms in total. The van der Waals surface area contributed by atoms with Gasteiger partial charge in [0.25, 0.3) is 0 Å². The number of hydrogen-bond donors (Lipinski definition) is 4. The van der Waals surface area contributed by atoms with Gasteiger partial charge in [-0.05, 0) is 30.8 Å². The molecule has 0 aliphatic carbocycles. The lowest BCUT2D eigenvalue weighted by molar-refractivity contribution is -0.122. The van der Waals surface area contributed by atoms with Crippen molar-refractivity contribution in [3.63, 3.8) is 0 Å². The highest BCUT2D eigenvalue weighted by molar-refractivity contribution is 7.80. The topological polar surface area (TPSA) is 73.4 Å². The minimum atomic E-state index is -1.79. The molecule has 0 fully saturated rings. The molecule has 0 spiro atoms. The molecule has 4 N–H and O–H groups in total. The zero-order valence-electron chi connectivity index (χ0n) is 13.8. The number of rotatable bonds is 8. The summed E-state index contributed by atoms with van der Waals surface area (Å²) in [5, 5.41) is 17.9. The number of thiocarbonyl (C=S) groups is 1. The molecule has 1 rings (SSSR count). The molecular weight excluding hydrogens is 405 g/mol. The van der Waals surface area contributed by atoms with E-state index in [1.807, 2.05) is 0 Å². The fraction of sp³-hybridized carbons (Fsp3) is 0.500. The fourth-order valence-corrected chi connectivity index (χ4v) is 2.59. The normalized spacial score (nSPS) is 12.3. The second-order valence-electron chi connectivity index (χ2n) is 5.50. The predicted octanol–water partition coefficient (Wildman–Crippen LogP) is 4.46. The smallest absolute Gasteiger partial charge is 0.228 e. The van der Waals surface area contributed by atoms with Crippen LogP contribution in [-0.4, -0.2) is 26.1 Å². The van der Waals surface area contributed by atoms with E-state index >= 15 is 0 Å². The summed E-state index contributed by atoms with van der Waals surface area (Å²) in [6, 6.07) is 6.39. The van der Waals surface area contributed by atoms with Gasteiger partial charge in [-0.15, -0.1) is 0 Å². The van der Waals surface area contributed by atoms with Crippen LogP contribution in [0.3, 0.4) is 0 Å². The summed E-state index contributed by atoms with van der Waals surface area (Å²) in [4.78, 5) is 12.0. The number of phenols is 1. The highest BCUT2D eigenvalue weighted by Crippen LogP contribution is 2.29. The number of aromatic hydroxyl groups is 1. The Morgan fingerprint density at radius 2 is 1.96 bits per heavy atom. The summed E-state index contributed by atoms with van der Waals surface area (Å²) in [6.07, 6.45) is 3.29. The molecule has 0 radical (unpaired) electrons. The van der Waals surface area contributed by atoms with Crippen LogP contribution in [0, 0.1) is 0 Å². The van der Waals surface area contributed by atoms with Gasteiger partial charge in [-0.1, -0.05) is 67.1 Å². The third kappa shape index (κ3) is 9.35. The number of benzene rings is 1. The van der Waals surface area contributed by atoms with Crippen molar-refractivity contribution in [2.75, 3.05) is 5.32 Å². The molecule has 1 atom stereocenters. The lowest BCUT2D eigenvalue weighted by atomic mass is 10.1. The second kappa shape index (κ2) is 10.9. The quantitative estimate of drug-likeness (QED) is 0.214. The first-order valence-electron chi connectivity index (χ1n) is 7.95.